The highest BCUT2D eigenvalue weighted by atomic mass is 35.5. The average molecular weight is 658 g/mol. The van der Waals surface area contributed by atoms with Crippen LogP contribution in [-0.2, 0) is 13.1 Å². The van der Waals surface area contributed by atoms with E-state index in [4.69, 9.17) is 21.1 Å². The summed E-state index contributed by atoms with van der Waals surface area (Å²) < 4.78 is 13.1. The molecule has 0 saturated heterocycles. The number of aryl methyl sites for hydroxylation is 2. The second-order valence-corrected chi connectivity index (χ2v) is 13.8. The molecule has 0 saturated carbocycles. The van der Waals surface area contributed by atoms with E-state index in [1.807, 2.05) is 17.0 Å². The number of methoxy groups -OCH3 is 2. The molecule has 46 heavy (non-hydrogen) atoms. The van der Waals surface area contributed by atoms with Crippen LogP contribution in [0.25, 0.3) is 20.9 Å². The van der Waals surface area contributed by atoms with E-state index in [-0.39, 0.29) is 5.91 Å². The molecule has 0 spiro atoms. The highest BCUT2D eigenvalue weighted by molar-refractivity contribution is 7.22. The molecule has 0 aliphatic carbocycles. The first-order chi connectivity index (χ1) is 22.2. The molecule has 0 N–H and O–H groups in total. The van der Waals surface area contributed by atoms with Gasteiger partial charge in [-0.25, -0.2) is 0 Å². The van der Waals surface area contributed by atoms with Gasteiger partial charge in [0, 0.05) is 18.7 Å². The van der Waals surface area contributed by atoms with Gasteiger partial charge in [-0.1, -0.05) is 77.3 Å². The van der Waals surface area contributed by atoms with Gasteiger partial charge in [-0.15, -0.1) is 11.3 Å². The Morgan fingerprint density at radius 3 is 2.17 bits per heavy atom. The fourth-order valence-corrected chi connectivity index (χ4v) is 8.29. The number of nitrogens with zero attached hydrogens (tertiary/aromatic N) is 2. The van der Waals surface area contributed by atoms with E-state index in [0.717, 1.165) is 59.2 Å². The van der Waals surface area contributed by atoms with Crippen LogP contribution in [-0.4, -0.2) is 55.7 Å². The lowest BCUT2D eigenvalue weighted by atomic mass is 10.1. The third kappa shape index (κ3) is 7.35. The number of rotatable bonds is 14. The first-order valence-corrected chi connectivity index (χ1v) is 17.4. The van der Waals surface area contributed by atoms with Crippen molar-refractivity contribution in [2.75, 3.05) is 40.4 Å². The summed E-state index contributed by atoms with van der Waals surface area (Å²) in [6.07, 6.45) is 1.93. The van der Waals surface area contributed by atoms with E-state index >= 15 is 0 Å². The van der Waals surface area contributed by atoms with Gasteiger partial charge in [-0.2, -0.15) is 0 Å². The minimum atomic E-state index is -0.0644. The van der Waals surface area contributed by atoms with Crippen LogP contribution >= 0.6 is 22.9 Å². The summed E-state index contributed by atoms with van der Waals surface area (Å²) >= 11 is 8.35. The van der Waals surface area contributed by atoms with Crippen molar-refractivity contribution in [1.82, 2.24) is 4.90 Å². The first-order valence-electron chi connectivity index (χ1n) is 16.2. The number of fused-ring (bicyclic) bond motifs is 2. The van der Waals surface area contributed by atoms with Crippen molar-refractivity contribution in [3.8, 4) is 11.5 Å². The lowest BCUT2D eigenvalue weighted by molar-refractivity contribution is -0.938. The summed E-state index contributed by atoms with van der Waals surface area (Å²) in [5.74, 6) is 1.25. The topological polar surface area (TPSA) is 38.8 Å². The lowest BCUT2D eigenvalue weighted by Gasteiger charge is -2.37. The van der Waals surface area contributed by atoms with Crippen molar-refractivity contribution in [3.05, 3.63) is 105 Å². The van der Waals surface area contributed by atoms with Crippen LogP contribution in [0.2, 0.25) is 5.02 Å². The predicted octanol–water partition coefficient (Wildman–Crippen LogP) is 9.82. The second-order valence-electron chi connectivity index (χ2n) is 12.4. The Morgan fingerprint density at radius 1 is 0.826 bits per heavy atom. The van der Waals surface area contributed by atoms with Crippen LogP contribution < -0.4 is 9.47 Å². The number of carbonyl (C=O) groups is 1. The maximum absolute atomic E-state index is 14.4. The molecule has 0 radical (unpaired) electrons. The molecule has 0 atom stereocenters. The summed E-state index contributed by atoms with van der Waals surface area (Å²) in [5.41, 5.74) is 5.14. The summed E-state index contributed by atoms with van der Waals surface area (Å²) in [4.78, 5) is 16.9. The Bertz CT molecular complexity index is 1810. The molecule has 4 aromatic carbocycles. The lowest BCUT2D eigenvalue weighted by Crippen LogP contribution is -2.47. The summed E-state index contributed by atoms with van der Waals surface area (Å²) in [5, 5.41) is 3.50. The molecule has 242 valence electrons. The fourth-order valence-electron chi connectivity index (χ4n) is 6.68. The van der Waals surface area contributed by atoms with Gasteiger partial charge >= 0.3 is 0 Å². The van der Waals surface area contributed by atoms with Crippen molar-refractivity contribution >= 4 is 49.7 Å². The number of thiophene rings is 1. The molecule has 5 aromatic rings. The maximum atomic E-state index is 14.4. The Balaban J connectivity index is 1.40. The number of benzene rings is 4. The summed E-state index contributed by atoms with van der Waals surface area (Å²) in [6, 6.07) is 25.4. The normalized spacial score (nSPS) is 11.7. The molecule has 1 heterocycles. The number of ether oxygens (including phenoxy) is 2. The predicted molar refractivity (Wildman–Crippen MR) is 194 cm³/mol. The van der Waals surface area contributed by atoms with Crippen molar-refractivity contribution in [1.29, 1.82) is 0 Å². The van der Waals surface area contributed by atoms with Crippen molar-refractivity contribution in [3.63, 3.8) is 0 Å². The van der Waals surface area contributed by atoms with Crippen LogP contribution in [0.15, 0.2) is 72.8 Å². The standard InChI is InChI=1S/C39H46ClN2O3S/c1-7-42(8-2,26-30-22-27(3)21-28(4)23-30)20-12-11-19-41(25-29-15-16-31-13-9-10-14-32(31)24-29)39(43)38-36(40)35-33(44-5)17-18-34(45-6)37(35)46-38/h9-10,13-18,21-24H,7-8,11-12,19-20,25-26H2,1-6H3/q+1. The molecule has 0 aliphatic heterocycles. The van der Waals surface area contributed by atoms with Crippen molar-refractivity contribution in [2.45, 2.75) is 53.6 Å². The van der Waals surface area contributed by atoms with Crippen LogP contribution in [0.4, 0.5) is 0 Å². The van der Waals surface area contributed by atoms with Gasteiger partial charge in [-0.05, 0) is 75.1 Å². The molecule has 0 fully saturated rings. The summed E-state index contributed by atoms with van der Waals surface area (Å²) in [6.45, 7) is 14.3. The zero-order valence-electron chi connectivity index (χ0n) is 28.0. The first kappa shape index (κ1) is 33.8. The highest BCUT2D eigenvalue weighted by Gasteiger charge is 2.27. The van der Waals surface area contributed by atoms with Gasteiger partial charge in [0.2, 0.25) is 0 Å². The molecule has 5 rings (SSSR count). The third-order valence-electron chi connectivity index (χ3n) is 9.27. The Hall–Kier alpha value is -3.58. The molecule has 0 aliphatic rings. The van der Waals surface area contributed by atoms with Crippen molar-refractivity contribution < 1.29 is 18.8 Å². The highest BCUT2D eigenvalue weighted by Crippen LogP contribution is 2.45. The van der Waals surface area contributed by atoms with Crippen LogP contribution in [0.1, 0.15) is 58.6 Å². The Labute approximate surface area is 282 Å². The molecule has 7 heteroatoms. The van der Waals surface area contributed by atoms with E-state index in [2.05, 4.69) is 88.4 Å². The minimum absolute atomic E-state index is 0.0644. The van der Waals surface area contributed by atoms with Gasteiger partial charge in [0.05, 0.1) is 49.0 Å². The van der Waals surface area contributed by atoms with Crippen molar-refractivity contribution in [2.24, 2.45) is 0 Å². The molecule has 1 aromatic heterocycles. The van der Waals surface area contributed by atoms with Crippen LogP contribution in [0.5, 0.6) is 11.5 Å². The average Bonchev–Trinajstić information content (AvgIpc) is 3.41. The SMILES string of the molecule is CC[N+](CC)(CCCCN(Cc1ccc2ccccc2c1)C(=O)c1sc2c(OC)ccc(OC)c2c1Cl)Cc1cc(C)cc(C)c1. The Morgan fingerprint density at radius 2 is 1.50 bits per heavy atom. The van der Waals surface area contributed by atoms with E-state index in [1.165, 1.54) is 38.8 Å². The van der Waals surface area contributed by atoms with Gasteiger partial charge in [0.15, 0.2) is 0 Å². The summed E-state index contributed by atoms with van der Waals surface area (Å²) in [7, 11) is 3.25. The zero-order chi connectivity index (χ0) is 32.8. The number of hydrogen-bond acceptors (Lipinski definition) is 4. The zero-order valence-corrected chi connectivity index (χ0v) is 29.6. The minimum Gasteiger partial charge on any atom is -0.496 e. The number of carbonyl (C=O) groups excluding carboxylic acids is 1. The monoisotopic (exact) mass is 657 g/mol. The van der Waals surface area contributed by atoms with Crippen LogP contribution in [0, 0.1) is 13.8 Å². The molecule has 0 bridgehead atoms. The number of unbranched alkanes of at least 4 members (excludes halogenated alkanes) is 1. The number of amides is 1. The van der Waals surface area contributed by atoms with Gasteiger partial charge in [0.25, 0.3) is 5.91 Å². The van der Waals surface area contributed by atoms with E-state index in [1.54, 1.807) is 14.2 Å². The fraction of sp³-hybridized carbons (Fsp3) is 0.359. The number of hydrogen-bond donors (Lipinski definition) is 0. The second kappa shape index (κ2) is 14.9. The molecule has 0 unspecified atom stereocenters. The van der Waals surface area contributed by atoms with E-state index in [9.17, 15) is 4.79 Å². The molecular weight excluding hydrogens is 612 g/mol. The van der Waals surface area contributed by atoms with Crippen LogP contribution in [0.3, 0.4) is 0 Å². The van der Waals surface area contributed by atoms with E-state index in [0.29, 0.717) is 34.5 Å². The largest absolute Gasteiger partial charge is 0.496 e. The maximum Gasteiger partial charge on any atom is 0.265 e. The van der Waals surface area contributed by atoms with E-state index < -0.39 is 0 Å². The smallest absolute Gasteiger partial charge is 0.265 e. The Kier molecular flexibility index (Phi) is 10.9. The van der Waals surface area contributed by atoms with Gasteiger partial charge in [-0.3, -0.25) is 4.79 Å². The quantitative estimate of drug-likeness (QED) is 0.0881. The molecule has 5 nitrogen and oxygen atoms in total. The van der Waals surface area contributed by atoms with Gasteiger partial charge < -0.3 is 18.9 Å². The number of halogens is 1. The molecular formula is C39H46ClN2O3S+. The van der Waals surface area contributed by atoms with Gasteiger partial charge in [0.1, 0.15) is 22.9 Å². The number of quaternary nitrogens is 1. The third-order valence-corrected chi connectivity index (χ3v) is 10.9. The molecule has 1 amide bonds.